The molecule has 0 aliphatic rings. The number of rotatable bonds is 8. The maximum absolute atomic E-state index is 10.5. The van der Waals surface area contributed by atoms with Gasteiger partial charge in [0.05, 0.1) is 19.4 Å². The van der Waals surface area contributed by atoms with Crippen LogP contribution < -0.4 is 20.6 Å². The van der Waals surface area contributed by atoms with Crippen molar-refractivity contribution in [1.82, 2.24) is 5.43 Å². The van der Waals surface area contributed by atoms with E-state index >= 15 is 0 Å². The predicted octanol–water partition coefficient (Wildman–Crippen LogP) is 3.15. The van der Waals surface area contributed by atoms with Crippen LogP contribution in [-0.2, 0) is 0 Å². The van der Waals surface area contributed by atoms with Gasteiger partial charge in [-0.15, -0.1) is 0 Å². The highest BCUT2D eigenvalue weighted by molar-refractivity contribution is 5.81. The van der Waals surface area contributed by atoms with Crippen molar-refractivity contribution >= 4 is 12.2 Å². The van der Waals surface area contributed by atoms with Crippen molar-refractivity contribution in [3.8, 4) is 11.5 Å². The van der Waals surface area contributed by atoms with Gasteiger partial charge in [0.1, 0.15) is 11.5 Å². The Hall–Kier alpha value is -3.02. The minimum Gasteiger partial charge on any atom is -0.493 e. The fourth-order valence-corrected chi connectivity index (χ4v) is 2.06. The molecule has 6 heteroatoms. The summed E-state index contributed by atoms with van der Waals surface area (Å²) in [7, 11) is 0. The van der Waals surface area contributed by atoms with Crippen molar-refractivity contribution in [2.45, 2.75) is 20.3 Å². The number of benzene rings is 2. The second kappa shape index (κ2) is 9.32. The van der Waals surface area contributed by atoms with Crippen molar-refractivity contribution in [3.05, 3.63) is 59.2 Å². The Kier molecular flexibility index (Phi) is 6.83. The van der Waals surface area contributed by atoms with Crippen molar-refractivity contribution < 1.29 is 14.3 Å². The lowest BCUT2D eigenvalue weighted by Gasteiger charge is -2.09. The molecule has 0 spiro atoms. The molecule has 2 rings (SSSR count). The molecule has 25 heavy (non-hydrogen) atoms. The van der Waals surface area contributed by atoms with E-state index in [0.717, 1.165) is 23.5 Å². The molecule has 0 aromatic heterocycles. The topological polar surface area (TPSA) is 85.9 Å². The highest BCUT2D eigenvalue weighted by Crippen LogP contribution is 2.16. The zero-order chi connectivity index (χ0) is 18.1. The Morgan fingerprint density at radius 3 is 2.32 bits per heavy atom. The van der Waals surface area contributed by atoms with E-state index in [-0.39, 0.29) is 0 Å². The maximum Gasteiger partial charge on any atom is 0.332 e. The van der Waals surface area contributed by atoms with Crippen molar-refractivity contribution in [2.24, 2.45) is 10.8 Å². The summed E-state index contributed by atoms with van der Waals surface area (Å²) in [6.07, 6.45) is 2.30. The van der Waals surface area contributed by atoms with Crippen LogP contribution in [0.3, 0.4) is 0 Å². The lowest BCUT2D eigenvalue weighted by molar-refractivity contribution is 0.247. The Bertz CT molecular complexity index is 727. The van der Waals surface area contributed by atoms with Gasteiger partial charge in [-0.05, 0) is 66.9 Å². The van der Waals surface area contributed by atoms with Crippen LogP contribution in [0.2, 0.25) is 0 Å². The van der Waals surface area contributed by atoms with Crippen LogP contribution in [0.25, 0.3) is 0 Å². The molecule has 0 bridgehead atoms. The number of carbonyl (C=O) groups is 1. The third-order valence-electron chi connectivity index (χ3n) is 3.57. The molecule has 132 valence electrons. The zero-order valence-corrected chi connectivity index (χ0v) is 14.5. The first-order valence-corrected chi connectivity index (χ1v) is 8.06. The number of nitrogens with zero attached hydrogens (tertiary/aromatic N) is 1. The highest BCUT2D eigenvalue weighted by atomic mass is 16.5. The number of ether oxygens (including phenoxy) is 2. The largest absolute Gasteiger partial charge is 0.493 e. The highest BCUT2D eigenvalue weighted by Gasteiger charge is 1.98. The number of aryl methyl sites for hydroxylation is 2. The number of carbonyl (C=O) groups excluding carboxylic acids is 1. The minimum atomic E-state index is -0.695. The van der Waals surface area contributed by atoms with Crippen LogP contribution in [0.1, 0.15) is 23.1 Å². The van der Waals surface area contributed by atoms with Crippen LogP contribution in [0, 0.1) is 13.8 Å². The minimum absolute atomic E-state index is 0.571. The van der Waals surface area contributed by atoms with Gasteiger partial charge in [-0.1, -0.05) is 6.07 Å². The molecule has 3 N–H and O–H groups in total. The van der Waals surface area contributed by atoms with Gasteiger partial charge in [-0.3, -0.25) is 0 Å². The van der Waals surface area contributed by atoms with Crippen molar-refractivity contribution in [2.75, 3.05) is 13.2 Å². The molecule has 0 atom stereocenters. The fraction of sp³-hybridized carbons (Fsp3) is 0.263. The average Bonchev–Trinajstić information content (AvgIpc) is 2.59. The summed E-state index contributed by atoms with van der Waals surface area (Å²) in [4.78, 5) is 10.5. The molecule has 0 saturated carbocycles. The number of hydrogen-bond donors (Lipinski definition) is 2. The molecule has 6 nitrogen and oxygen atoms in total. The van der Waals surface area contributed by atoms with Gasteiger partial charge in [-0.2, -0.15) is 5.10 Å². The molecule has 2 amide bonds. The number of hydrogen-bond acceptors (Lipinski definition) is 4. The molecule has 0 saturated heterocycles. The van der Waals surface area contributed by atoms with Crippen LogP contribution in [0.4, 0.5) is 4.79 Å². The van der Waals surface area contributed by atoms with E-state index in [0.29, 0.717) is 13.2 Å². The summed E-state index contributed by atoms with van der Waals surface area (Å²) >= 11 is 0. The average molecular weight is 341 g/mol. The normalized spacial score (nSPS) is 10.6. The van der Waals surface area contributed by atoms with Crippen LogP contribution in [0.5, 0.6) is 11.5 Å². The van der Waals surface area contributed by atoms with E-state index in [2.05, 4.69) is 30.4 Å². The van der Waals surface area contributed by atoms with Gasteiger partial charge in [0.25, 0.3) is 0 Å². The molecule has 0 heterocycles. The zero-order valence-electron chi connectivity index (χ0n) is 14.5. The SMILES string of the molecule is Cc1ccc(OCCCOc2ccc(C=NNC(N)=O)cc2)cc1C. The van der Waals surface area contributed by atoms with Gasteiger partial charge in [0, 0.05) is 6.42 Å². The molecule has 0 aliphatic heterocycles. The number of amides is 2. The Morgan fingerprint density at radius 2 is 1.68 bits per heavy atom. The van der Waals surface area contributed by atoms with Crippen molar-refractivity contribution in [3.63, 3.8) is 0 Å². The molecule has 2 aromatic carbocycles. The summed E-state index contributed by atoms with van der Waals surface area (Å²) in [6, 6.07) is 12.8. The first-order valence-electron chi connectivity index (χ1n) is 8.06. The van der Waals surface area contributed by atoms with Gasteiger partial charge in [0.15, 0.2) is 0 Å². The number of primary amides is 1. The smallest absolute Gasteiger partial charge is 0.332 e. The first kappa shape index (κ1) is 18.3. The summed E-state index contributed by atoms with van der Waals surface area (Å²) in [5.74, 6) is 1.66. The maximum atomic E-state index is 10.5. The van der Waals surface area contributed by atoms with E-state index in [9.17, 15) is 4.79 Å². The predicted molar refractivity (Wildman–Crippen MR) is 98.3 cm³/mol. The quantitative estimate of drug-likeness (QED) is 0.439. The molecule has 0 radical (unpaired) electrons. The van der Waals surface area contributed by atoms with Gasteiger partial charge < -0.3 is 15.2 Å². The van der Waals surface area contributed by atoms with E-state index in [1.54, 1.807) is 0 Å². The number of nitrogens with two attached hydrogens (primary N) is 1. The van der Waals surface area contributed by atoms with Crippen LogP contribution in [0.15, 0.2) is 47.6 Å². The first-order chi connectivity index (χ1) is 12.0. The summed E-state index contributed by atoms with van der Waals surface area (Å²) in [5.41, 5.74) is 10.4. The monoisotopic (exact) mass is 341 g/mol. The third-order valence-corrected chi connectivity index (χ3v) is 3.57. The lowest BCUT2D eigenvalue weighted by Crippen LogP contribution is -2.24. The molecular weight excluding hydrogens is 318 g/mol. The second-order valence-corrected chi connectivity index (χ2v) is 5.60. The molecule has 0 unspecified atom stereocenters. The fourth-order valence-electron chi connectivity index (χ4n) is 2.06. The van der Waals surface area contributed by atoms with Crippen LogP contribution >= 0.6 is 0 Å². The Balaban J connectivity index is 1.68. The van der Waals surface area contributed by atoms with Crippen LogP contribution in [-0.4, -0.2) is 25.5 Å². The number of nitrogens with one attached hydrogen (secondary N) is 1. The van der Waals surface area contributed by atoms with Gasteiger partial charge in [0.2, 0.25) is 0 Å². The summed E-state index contributed by atoms with van der Waals surface area (Å²) < 4.78 is 11.4. The van der Waals surface area contributed by atoms with E-state index in [1.165, 1.54) is 17.3 Å². The molecular formula is C19H23N3O3. The standard InChI is InChI=1S/C19H23N3O3/c1-14-4-7-18(12-15(14)2)25-11-3-10-24-17-8-5-16(6-9-17)13-21-22-19(20)23/h4-9,12-13H,3,10-11H2,1-2H3,(H3,20,22,23). The second-order valence-electron chi connectivity index (χ2n) is 5.60. The van der Waals surface area contributed by atoms with E-state index in [4.69, 9.17) is 15.2 Å². The lowest BCUT2D eigenvalue weighted by atomic mass is 10.1. The third kappa shape index (κ3) is 6.55. The molecule has 2 aromatic rings. The molecule has 0 aliphatic carbocycles. The number of hydrazone groups is 1. The Morgan fingerprint density at radius 1 is 1.04 bits per heavy atom. The van der Waals surface area contributed by atoms with Gasteiger partial charge in [-0.25, -0.2) is 10.2 Å². The van der Waals surface area contributed by atoms with Gasteiger partial charge >= 0.3 is 6.03 Å². The number of urea groups is 1. The molecule has 0 fully saturated rings. The van der Waals surface area contributed by atoms with Crippen molar-refractivity contribution in [1.29, 1.82) is 0 Å². The van der Waals surface area contributed by atoms with E-state index in [1.807, 2.05) is 36.4 Å². The summed E-state index contributed by atoms with van der Waals surface area (Å²) in [5, 5.41) is 3.69. The Labute approximate surface area is 147 Å². The summed E-state index contributed by atoms with van der Waals surface area (Å²) in [6.45, 7) is 5.33. The van der Waals surface area contributed by atoms with E-state index < -0.39 is 6.03 Å².